The molecule has 3 aromatic carbocycles. The number of hydrogen-bond donors (Lipinski definition) is 2. The van der Waals surface area contributed by atoms with E-state index in [1.54, 1.807) is 18.2 Å². The molecular formula is C35H34FN2NaO5. The van der Waals surface area contributed by atoms with E-state index in [1.807, 2.05) is 77.9 Å². The molecule has 7 nitrogen and oxygen atoms in total. The van der Waals surface area contributed by atoms with E-state index in [1.165, 1.54) is 18.2 Å². The number of aromatic nitrogens is 1. The Morgan fingerprint density at radius 1 is 0.886 bits per heavy atom. The van der Waals surface area contributed by atoms with Gasteiger partial charge in [0.15, 0.2) is 0 Å². The molecule has 2 atom stereocenters. The van der Waals surface area contributed by atoms with Crippen LogP contribution >= 0.6 is 0 Å². The number of aliphatic hydroxyl groups excluding tert-OH is 2. The molecule has 0 bridgehead atoms. The maximum Gasteiger partial charge on any atom is 1.00 e. The molecular weight excluding hydrogens is 570 g/mol. The molecule has 0 unspecified atom stereocenters. The number of rotatable bonds is 10. The van der Waals surface area contributed by atoms with Crippen LogP contribution < -0.4 is 34.7 Å². The molecule has 0 spiro atoms. The van der Waals surface area contributed by atoms with Gasteiger partial charge in [-0.2, -0.15) is 0 Å². The van der Waals surface area contributed by atoms with E-state index in [-0.39, 0.29) is 47.9 Å². The van der Waals surface area contributed by atoms with E-state index in [0.717, 1.165) is 16.7 Å². The van der Waals surface area contributed by atoms with Crippen LogP contribution in [0, 0.1) is 5.82 Å². The maximum atomic E-state index is 14.5. The Hall–Kier alpha value is -3.53. The van der Waals surface area contributed by atoms with Crippen molar-refractivity contribution in [3.8, 4) is 22.3 Å². The van der Waals surface area contributed by atoms with Crippen LogP contribution in [0.2, 0.25) is 0 Å². The van der Waals surface area contributed by atoms with E-state index < -0.39 is 30.4 Å². The first-order chi connectivity index (χ1) is 20.6. The van der Waals surface area contributed by atoms with E-state index in [2.05, 4.69) is 0 Å². The Labute approximate surface area is 278 Å². The normalized spacial score (nSPS) is 14.0. The Morgan fingerprint density at radius 2 is 1.45 bits per heavy atom. The minimum Gasteiger partial charge on any atom is -0.550 e. The van der Waals surface area contributed by atoms with Crippen molar-refractivity contribution in [2.75, 3.05) is 0 Å². The molecule has 4 aromatic rings. The molecule has 5 rings (SSSR count). The van der Waals surface area contributed by atoms with Gasteiger partial charge < -0.3 is 29.6 Å². The summed E-state index contributed by atoms with van der Waals surface area (Å²) in [6.07, 6.45) is -0.0817. The fourth-order valence-corrected chi connectivity index (χ4v) is 5.77. The summed E-state index contributed by atoms with van der Waals surface area (Å²) in [5.41, 5.74) is 6.15. The number of carbonyl (C=O) groups excluding carboxylic acids is 2. The van der Waals surface area contributed by atoms with Gasteiger partial charge in [0.1, 0.15) is 11.5 Å². The first kappa shape index (κ1) is 33.4. The molecule has 1 aromatic heterocycles. The number of aliphatic hydroxyl groups is 2. The second-order valence-electron chi connectivity index (χ2n) is 11.1. The van der Waals surface area contributed by atoms with Crippen molar-refractivity contribution in [2.45, 2.75) is 58.0 Å². The van der Waals surface area contributed by atoms with Crippen LogP contribution in [0.15, 0.2) is 84.9 Å². The molecule has 0 saturated carbocycles. The minimum absolute atomic E-state index is 0. The Bertz CT molecular complexity index is 1620. The molecule has 2 heterocycles. The Kier molecular flexibility index (Phi) is 11.0. The van der Waals surface area contributed by atoms with Crippen molar-refractivity contribution in [3.05, 3.63) is 113 Å². The van der Waals surface area contributed by atoms with Crippen molar-refractivity contribution in [1.29, 1.82) is 0 Å². The summed E-state index contributed by atoms with van der Waals surface area (Å²) < 4.78 is 16.0. The van der Waals surface area contributed by atoms with Crippen LogP contribution in [0.3, 0.4) is 0 Å². The Morgan fingerprint density at radius 3 is 2.02 bits per heavy atom. The van der Waals surface area contributed by atoms with Crippen LogP contribution in [0.25, 0.3) is 28.3 Å². The average molecular weight is 605 g/mol. The molecule has 0 aliphatic carbocycles. The summed E-state index contributed by atoms with van der Waals surface area (Å²) in [7, 11) is 0. The second kappa shape index (κ2) is 14.5. The summed E-state index contributed by atoms with van der Waals surface area (Å²) in [4.78, 5) is 27.3. The largest absolute Gasteiger partial charge is 1.00 e. The van der Waals surface area contributed by atoms with E-state index in [4.69, 9.17) is 0 Å². The quantitative estimate of drug-likeness (QED) is 0.270. The number of halogens is 1. The third-order valence-electron chi connectivity index (χ3n) is 7.68. The van der Waals surface area contributed by atoms with Crippen LogP contribution in [0.4, 0.5) is 4.39 Å². The number of carboxylic acid groups (broad SMARTS) is 1. The van der Waals surface area contributed by atoms with E-state index >= 15 is 0 Å². The van der Waals surface area contributed by atoms with Gasteiger partial charge >= 0.3 is 29.6 Å². The van der Waals surface area contributed by atoms with Gasteiger partial charge in [0, 0.05) is 54.8 Å². The van der Waals surface area contributed by atoms with Crippen molar-refractivity contribution in [3.63, 3.8) is 0 Å². The molecule has 0 saturated heterocycles. The number of carboxylic acids is 1. The molecule has 222 valence electrons. The zero-order chi connectivity index (χ0) is 30.7. The predicted molar refractivity (Wildman–Crippen MR) is 161 cm³/mol. The van der Waals surface area contributed by atoms with Gasteiger partial charge in [0.05, 0.1) is 12.2 Å². The summed E-state index contributed by atoms with van der Waals surface area (Å²) >= 11 is 0. The van der Waals surface area contributed by atoms with E-state index in [9.17, 15) is 29.3 Å². The topological polar surface area (TPSA) is 106 Å². The number of fused-ring (bicyclic) bond motifs is 1. The van der Waals surface area contributed by atoms with Gasteiger partial charge in [-0.15, -0.1) is 0 Å². The van der Waals surface area contributed by atoms with Crippen LogP contribution in [-0.2, 0) is 17.9 Å². The molecule has 1 aliphatic rings. The first-order valence-electron chi connectivity index (χ1n) is 14.3. The monoisotopic (exact) mass is 604 g/mol. The third kappa shape index (κ3) is 7.22. The first-order valence-corrected chi connectivity index (χ1v) is 14.3. The number of hydrogen-bond acceptors (Lipinski definition) is 5. The molecule has 0 radical (unpaired) electrons. The molecule has 1 aliphatic heterocycles. The predicted octanol–water partition coefficient (Wildman–Crippen LogP) is 1.97. The van der Waals surface area contributed by atoms with Gasteiger partial charge in [-0.1, -0.05) is 72.8 Å². The maximum absolute atomic E-state index is 14.5. The molecule has 1 amide bonds. The van der Waals surface area contributed by atoms with Crippen molar-refractivity contribution in [1.82, 2.24) is 9.47 Å². The number of amides is 1. The standard InChI is InChI=1S/C35H35FN2O5.Na/c1-22(2)38-30(17-16-28(39)18-29(40)19-31(41)42)32(24-12-14-27(36)15-13-24)33(23-8-4-3-5-9-23)34(38)35(43)37-20-25-10-6-7-11-26(25)21-37;/h3-17,22,28-29,39-40H,18-21H2,1-2H3,(H,41,42);/q;+1/p-1/b17-16+;/t28-,29-;/m1./s1. The Balaban J connectivity index is 0.00000442. The molecule has 2 N–H and O–H groups in total. The van der Waals surface area contributed by atoms with Gasteiger partial charge in [0.2, 0.25) is 0 Å². The van der Waals surface area contributed by atoms with Gasteiger partial charge in [-0.3, -0.25) is 4.79 Å². The second-order valence-corrected chi connectivity index (χ2v) is 11.1. The van der Waals surface area contributed by atoms with Gasteiger partial charge in [0.25, 0.3) is 5.91 Å². The smallest absolute Gasteiger partial charge is 0.550 e. The number of benzene rings is 3. The number of aliphatic carboxylic acids is 1. The summed E-state index contributed by atoms with van der Waals surface area (Å²) in [6, 6.07) is 23.4. The third-order valence-corrected chi connectivity index (χ3v) is 7.68. The van der Waals surface area contributed by atoms with Gasteiger partial charge in [-0.25, -0.2) is 4.39 Å². The minimum atomic E-state index is -1.41. The summed E-state index contributed by atoms with van der Waals surface area (Å²) in [5, 5.41) is 31.6. The SMILES string of the molecule is CC(C)n1c(/C=C/[C@@H](O)C[C@@H](O)CC(=O)[O-])c(-c2ccc(F)cc2)c(-c2ccccc2)c1C(=O)N1Cc2ccccc2C1.[Na+]. The van der Waals surface area contributed by atoms with Crippen molar-refractivity contribution in [2.24, 2.45) is 0 Å². The summed E-state index contributed by atoms with van der Waals surface area (Å²) in [6.45, 7) is 4.88. The van der Waals surface area contributed by atoms with Crippen molar-refractivity contribution >= 4 is 18.0 Å². The van der Waals surface area contributed by atoms with Crippen LogP contribution in [-0.4, -0.2) is 43.8 Å². The number of nitrogens with zero attached hydrogens (tertiary/aromatic N) is 2. The van der Waals surface area contributed by atoms with Crippen LogP contribution in [0.5, 0.6) is 0 Å². The zero-order valence-corrected chi connectivity index (χ0v) is 27.1. The molecule has 0 fully saturated rings. The average Bonchev–Trinajstić information content (AvgIpc) is 3.56. The fraction of sp³-hybridized carbons (Fsp3) is 0.257. The molecule has 44 heavy (non-hydrogen) atoms. The fourth-order valence-electron chi connectivity index (χ4n) is 5.77. The summed E-state index contributed by atoms with van der Waals surface area (Å²) in [5.74, 6) is -1.96. The van der Waals surface area contributed by atoms with E-state index in [0.29, 0.717) is 41.2 Å². The van der Waals surface area contributed by atoms with Crippen molar-refractivity contribution < 1.29 is 58.9 Å². The molecule has 9 heteroatoms. The van der Waals surface area contributed by atoms with Gasteiger partial charge in [-0.05, 0) is 54.3 Å². The zero-order valence-electron chi connectivity index (χ0n) is 25.1. The number of carbonyl (C=O) groups is 2. The van der Waals surface area contributed by atoms with Crippen LogP contribution in [0.1, 0.15) is 60.0 Å².